The van der Waals surface area contributed by atoms with Gasteiger partial charge in [0.1, 0.15) is 5.75 Å². The zero-order chi connectivity index (χ0) is 19.3. The van der Waals surface area contributed by atoms with Crippen molar-refractivity contribution in [1.29, 1.82) is 0 Å². The average molecular weight is 376 g/mol. The summed E-state index contributed by atoms with van der Waals surface area (Å²) >= 11 is 6.03. The van der Waals surface area contributed by atoms with Gasteiger partial charge in [0.25, 0.3) is 5.91 Å². The van der Waals surface area contributed by atoms with Crippen LogP contribution in [0, 0.1) is 20.8 Å². The fourth-order valence-corrected chi connectivity index (χ4v) is 2.53. The molecule has 26 heavy (non-hydrogen) atoms. The number of ether oxygens (including phenoxy) is 2. The van der Waals surface area contributed by atoms with Crippen molar-refractivity contribution in [1.82, 2.24) is 0 Å². The Kier molecular flexibility index (Phi) is 6.64. The number of carbonyl (C=O) groups is 2. The van der Waals surface area contributed by atoms with Crippen molar-refractivity contribution in [2.75, 3.05) is 11.9 Å². The van der Waals surface area contributed by atoms with Gasteiger partial charge in [-0.2, -0.15) is 0 Å². The van der Waals surface area contributed by atoms with Crippen molar-refractivity contribution in [3.05, 3.63) is 58.1 Å². The first-order valence-electron chi connectivity index (χ1n) is 8.23. The lowest BCUT2D eigenvalue weighted by molar-refractivity contribution is -0.155. The van der Waals surface area contributed by atoms with Crippen LogP contribution in [0.3, 0.4) is 0 Å². The Balaban J connectivity index is 1.87. The van der Waals surface area contributed by atoms with E-state index in [1.165, 1.54) is 6.92 Å². The highest BCUT2D eigenvalue weighted by molar-refractivity contribution is 6.31. The van der Waals surface area contributed by atoms with E-state index in [1.807, 2.05) is 26.0 Å². The standard InChI is InChI=1S/C20H22ClNO4/c1-12-8-9-18(13(2)10-12)25-11-19(23)26-15(4)20(24)22-17-7-5-6-16(21)14(17)3/h5-10,15H,11H2,1-4H3,(H,22,24)/t15-/m1/s1. The number of nitrogens with one attached hydrogen (secondary N) is 1. The Morgan fingerprint density at radius 1 is 1.15 bits per heavy atom. The second-order valence-corrected chi connectivity index (χ2v) is 6.50. The largest absolute Gasteiger partial charge is 0.482 e. The lowest BCUT2D eigenvalue weighted by Crippen LogP contribution is -2.32. The highest BCUT2D eigenvalue weighted by Crippen LogP contribution is 2.23. The van der Waals surface area contributed by atoms with Crippen LogP contribution in [0.25, 0.3) is 0 Å². The molecule has 0 fully saturated rings. The van der Waals surface area contributed by atoms with Gasteiger partial charge >= 0.3 is 5.97 Å². The molecule has 0 heterocycles. The van der Waals surface area contributed by atoms with Crippen molar-refractivity contribution in [3.8, 4) is 5.75 Å². The van der Waals surface area contributed by atoms with Crippen LogP contribution >= 0.6 is 11.6 Å². The van der Waals surface area contributed by atoms with Crippen molar-refractivity contribution in [3.63, 3.8) is 0 Å². The molecule has 0 bridgehead atoms. The highest BCUT2D eigenvalue weighted by atomic mass is 35.5. The number of amides is 1. The van der Waals surface area contributed by atoms with E-state index in [-0.39, 0.29) is 6.61 Å². The second-order valence-electron chi connectivity index (χ2n) is 6.09. The van der Waals surface area contributed by atoms with Crippen LogP contribution in [0.1, 0.15) is 23.6 Å². The van der Waals surface area contributed by atoms with Gasteiger partial charge in [-0.3, -0.25) is 4.79 Å². The van der Waals surface area contributed by atoms with Gasteiger partial charge in [0.15, 0.2) is 12.7 Å². The maximum absolute atomic E-state index is 12.2. The van der Waals surface area contributed by atoms with Gasteiger partial charge in [-0.05, 0) is 57.0 Å². The predicted octanol–water partition coefficient (Wildman–Crippen LogP) is 4.21. The molecule has 0 spiro atoms. The third-order valence-corrected chi connectivity index (χ3v) is 4.29. The van der Waals surface area contributed by atoms with E-state index < -0.39 is 18.0 Å². The first-order chi connectivity index (χ1) is 12.3. The second kappa shape index (κ2) is 8.72. The number of benzene rings is 2. The molecule has 0 radical (unpaired) electrons. The quantitative estimate of drug-likeness (QED) is 0.768. The summed E-state index contributed by atoms with van der Waals surface area (Å²) in [7, 11) is 0. The van der Waals surface area contributed by atoms with Gasteiger partial charge in [-0.1, -0.05) is 35.4 Å². The fourth-order valence-electron chi connectivity index (χ4n) is 2.36. The molecule has 0 unspecified atom stereocenters. The molecule has 138 valence electrons. The smallest absolute Gasteiger partial charge is 0.344 e. The summed E-state index contributed by atoms with van der Waals surface area (Å²) in [5.41, 5.74) is 3.37. The molecule has 0 saturated carbocycles. The summed E-state index contributed by atoms with van der Waals surface area (Å²) in [6, 6.07) is 10.9. The minimum atomic E-state index is -0.955. The van der Waals surface area contributed by atoms with E-state index in [4.69, 9.17) is 21.1 Å². The summed E-state index contributed by atoms with van der Waals surface area (Å²) in [5.74, 6) is -0.440. The van der Waals surface area contributed by atoms with Gasteiger partial charge < -0.3 is 14.8 Å². The monoisotopic (exact) mass is 375 g/mol. The average Bonchev–Trinajstić information content (AvgIpc) is 2.58. The topological polar surface area (TPSA) is 64.6 Å². The number of rotatable bonds is 6. The molecule has 0 saturated heterocycles. The Morgan fingerprint density at radius 3 is 2.58 bits per heavy atom. The van der Waals surface area contributed by atoms with Crippen LogP contribution in [0.5, 0.6) is 5.75 Å². The molecule has 0 aliphatic heterocycles. The molecule has 0 aliphatic carbocycles. The van der Waals surface area contributed by atoms with Gasteiger partial charge in [0.2, 0.25) is 0 Å². The molecule has 2 aromatic rings. The molecule has 1 N–H and O–H groups in total. The number of carbonyl (C=O) groups excluding carboxylic acids is 2. The van der Waals surface area contributed by atoms with Crippen LogP contribution < -0.4 is 10.1 Å². The van der Waals surface area contributed by atoms with Crippen LogP contribution in [-0.4, -0.2) is 24.6 Å². The molecule has 0 aromatic heterocycles. The van der Waals surface area contributed by atoms with E-state index >= 15 is 0 Å². The molecule has 0 aliphatic rings. The molecule has 5 nitrogen and oxygen atoms in total. The fraction of sp³-hybridized carbons (Fsp3) is 0.300. The van der Waals surface area contributed by atoms with E-state index in [0.29, 0.717) is 16.5 Å². The Bertz CT molecular complexity index is 819. The van der Waals surface area contributed by atoms with Crippen molar-refractivity contribution < 1.29 is 19.1 Å². The third kappa shape index (κ3) is 5.23. The zero-order valence-electron chi connectivity index (χ0n) is 15.3. The molecule has 2 aromatic carbocycles. The molecule has 1 amide bonds. The summed E-state index contributed by atoms with van der Waals surface area (Å²) in [6.07, 6.45) is -0.955. The highest BCUT2D eigenvalue weighted by Gasteiger charge is 2.19. The Morgan fingerprint density at radius 2 is 1.88 bits per heavy atom. The van der Waals surface area contributed by atoms with Crippen molar-refractivity contribution in [2.24, 2.45) is 0 Å². The lowest BCUT2D eigenvalue weighted by Gasteiger charge is -2.15. The predicted molar refractivity (Wildman–Crippen MR) is 102 cm³/mol. The van der Waals surface area contributed by atoms with E-state index in [0.717, 1.165) is 16.7 Å². The maximum atomic E-state index is 12.2. The first kappa shape index (κ1) is 19.8. The molecular weight excluding hydrogens is 354 g/mol. The minimum Gasteiger partial charge on any atom is -0.482 e. The van der Waals surface area contributed by atoms with E-state index in [9.17, 15) is 9.59 Å². The van der Waals surface area contributed by atoms with Crippen molar-refractivity contribution >= 4 is 29.2 Å². The first-order valence-corrected chi connectivity index (χ1v) is 8.61. The number of esters is 1. The summed E-state index contributed by atoms with van der Waals surface area (Å²) < 4.78 is 10.6. The number of hydrogen-bond donors (Lipinski definition) is 1. The molecular formula is C20H22ClNO4. The third-order valence-electron chi connectivity index (χ3n) is 3.88. The van der Waals surface area contributed by atoms with Crippen LogP contribution in [0.4, 0.5) is 5.69 Å². The lowest BCUT2D eigenvalue weighted by atomic mass is 10.1. The summed E-state index contributed by atoms with van der Waals surface area (Å²) in [4.78, 5) is 24.1. The zero-order valence-corrected chi connectivity index (χ0v) is 16.0. The number of halogens is 1. The summed E-state index contributed by atoms with van der Waals surface area (Å²) in [6.45, 7) is 6.92. The van der Waals surface area contributed by atoms with Crippen molar-refractivity contribution in [2.45, 2.75) is 33.8 Å². The normalized spacial score (nSPS) is 11.6. The van der Waals surface area contributed by atoms with Gasteiger partial charge in [-0.15, -0.1) is 0 Å². The van der Waals surface area contributed by atoms with Crippen LogP contribution in [-0.2, 0) is 14.3 Å². The van der Waals surface area contributed by atoms with Crippen LogP contribution in [0.15, 0.2) is 36.4 Å². The van der Waals surface area contributed by atoms with Gasteiger partial charge in [0.05, 0.1) is 0 Å². The van der Waals surface area contributed by atoms with Gasteiger partial charge in [0, 0.05) is 10.7 Å². The summed E-state index contributed by atoms with van der Waals surface area (Å²) in [5, 5.41) is 3.25. The maximum Gasteiger partial charge on any atom is 0.344 e. The SMILES string of the molecule is Cc1ccc(OCC(=O)O[C@H](C)C(=O)Nc2cccc(Cl)c2C)c(C)c1. The minimum absolute atomic E-state index is 0.266. The number of aryl methyl sites for hydroxylation is 2. The van der Waals surface area contributed by atoms with Crippen LogP contribution in [0.2, 0.25) is 5.02 Å². The molecule has 2 rings (SSSR count). The Labute approximate surface area is 158 Å². The molecule has 1 atom stereocenters. The Hall–Kier alpha value is -2.53. The van der Waals surface area contributed by atoms with E-state index in [2.05, 4.69) is 5.32 Å². The van der Waals surface area contributed by atoms with Gasteiger partial charge in [-0.25, -0.2) is 4.79 Å². The number of hydrogen-bond acceptors (Lipinski definition) is 4. The molecule has 6 heteroatoms. The number of anilines is 1. The van der Waals surface area contributed by atoms with E-state index in [1.54, 1.807) is 31.2 Å².